The number of carbonyl (C=O) groups is 1. The molecular formula is C35H62O8. The molecule has 0 aliphatic heterocycles. The SMILES string of the molecule is CCCCCCCCCCCCCCCCCCCCCCOc1ccc(C(=O)OC[C@@H](O)[C@@H](O)[C@H](O)[C@@H](O)CO)cc1. The van der Waals surface area contributed by atoms with Gasteiger partial charge >= 0.3 is 5.97 Å². The number of rotatable bonds is 29. The summed E-state index contributed by atoms with van der Waals surface area (Å²) in [5, 5.41) is 47.4. The van der Waals surface area contributed by atoms with Crippen LogP contribution in [0.5, 0.6) is 5.75 Å². The molecule has 0 radical (unpaired) electrons. The van der Waals surface area contributed by atoms with E-state index in [0.717, 1.165) is 12.8 Å². The molecule has 0 bridgehead atoms. The third-order valence-electron chi connectivity index (χ3n) is 8.07. The lowest BCUT2D eigenvalue weighted by atomic mass is 10.0. The summed E-state index contributed by atoms with van der Waals surface area (Å²) in [6.45, 7) is 1.54. The molecule has 8 heteroatoms. The largest absolute Gasteiger partial charge is 0.494 e. The molecule has 0 spiro atoms. The molecule has 1 aromatic rings. The fourth-order valence-corrected chi connectivity index (χ4v) is 5.14. The Labute approximate surface area is 260 Å². The molecule has 43 heavy (non-hydrogen) atoms. The van der Waals surface area contributed by atoms with Crippen LogP contribution in [-0.2, 0) is 4.74 Å². The first-order valence-electron chi connectivity index (χ1n) is 17.1. The Kier molecular flexibility index (Phi) is 24.4. The monoisotopic (exact) mass is 610 g/mol. The maximum absolute atomic E-state index is 12.2. The van der Waals surface area contributed by atoms with Gasteiger partial charge in [-0.25, -0.2) is 4.79 Å². The number of carbonyl (C=O) groups excluding carboxylic acids is 1. The van der Waals surface area contributed by atoms with E-state index in [1.54, 1.807) is 24.3 Å². The number of unbranched alkanes of at least 4 members (excludes halogenated alkanes) is 19. The van der Waals surface area contributed by atoms with E-state index in [2.05, 4.69) is 6.92 Å². The van der Waals surface area contributed by atoms with Crippen molar-refractivity contribution >= 4 is 5.97 Å². The van der Waals surface area contributed by atoms with E-state index in [1.165, 1.54) is 116 Å². The van der Waals surface area contributed by atoms with Crippen molar-refractivity contribution in [3.8, 4) is 5.75 Å². The predicted octanol–water partition coefficient (Wildman–Crippen LogP) is 6.48. The summed E-state index contributed by atoms with van der Waals surface area (Å²) in [4.78, 5) is 12.2. The Morgan fingerprint density at radius 1 is 0.605 bits per heavy atom. The van der Waals surface area contributed by atoms with Gasteiger partial charge in [0.05, 0.1) is 18.8 Å². The van der Waals surface area contributed by atoms with Crippen LogP contribution in [0.15, 0.2) is 24.3 Å². The Hall–Kier alpha value is -1.71. The fourth-order valence-electron chi connectivity index (χ4n) is 5.14. The Bertz CT molecular complexity index is 772. The van der Waals surface area contributed by atoms with Crippen molar-refractivity contribution in [3.63, 3.8) is 0 Å². The Balaban J connectivity index is 1.95. The molecule has 5 N–H and O–H groups in total. The standard InChI is InChI=1S/C35H62O8/c1-2-3-4-5-6-7-8-9-10-11-12-13-14-15-16-17-18-19-20-21-26-42-30-24-22-29(23-25-30)35(41)43-28-32(38)34(40)33(39)31(37)27-36/h22-25,31-34,36-40H,2-21,26-28H2,1H3/t31-,32+,33+,34+/m0/s1. The lowest BCUT2D eigenvalue weighted by Gasteiger charge is -2.25. The molecule has 0 amide bonds. The van der Waals surface area contributed by atoms with Gasteiger partial charge in [0, 0.05) is 0 Å². The first-order valence-corrected chi connectivity index (χ1v) is 17.1. The van der Waals surface area contributed by atoms with Crippen LogP contribution >= 0.6 is 0 Å². The Morgan fingerprint density at radius 3 is 1.42 bits per heavy atom. The van der Waals surface area contributed by atoms with Gasteiger partial charge < -0.3 is 35.0 Å². The minimum Gasteiger partial charge on any atom is -0.494 e. The lowest BCUT2D eigenvalue weighted by molar-refractivity contribution is -0.124. The highest BCUT2D eigenvalue weighted by atomic mass is 16.5. The third kappa shape index (κ3) is 20.0. The van der Waals surface area contributed by atoms with Crippen LogP contribution in [-0.4, -0.2) is 75.7 Å². The smallest absolute Gasteiger partial charge is 0.338 e. The number of hydrogen-bond acceptors (Lipinski definition) is 8. The highest BCUT2D eigenvalue weighted by Gasteiger charge is 2.30. The number of aliphatic hydroxyl groups is 5. The molecular weight excluding hydrogens is 548 g/mol. The minimum absolute atomic E-state index is 0.254. The van der Waals surface area contributed by atoms with E-state index in [9.17, 15) is 25.2 Å². The quantitative estimate of drug-likeness (QED) is 0.0514. The molecule has 0 aliphatic rings. The average Bonchev–Trinajstić information content (AvgIpc) is 3.03. The zero-order valence-electron chi connectivity index (χ0n) is 26.8. The van der Waals surface area contributed by atoms with Crippen molar-refractivity contribution < 1.29 is 39.8 Å². The number of benzene rings is 1. The van der Waals surface area contributed by atoms with Gasteiger partial charge in [0.1, 0.15) is 36.8 Å². The molecule has 0 saturated carbocycles. The Morgan fingerprint density at radius 2 is 1.00 bits per heavy atom. The minimum atomic E-state index is -1.78. The van der Waals surface area contributed by atoms with Crippen LogP contribution in [0.2, 0.25) is 0 Å². The molecule has 0 heterocycles. The number of hydrogen-bond donors (Lipinski definition) is 5. The van der Waals surface area contributed by atoms with Gasteiger partial charge in [-0.2, -0.15) is 0 Å². The van der Waals surface area contributed by atoms with Crippen LogP contribution in [0, 0.1) is 0 Å². The molecule has 8 nitrogen and oxygen atoms in total. The van der Waals surface area contributed by atoms with Crippen molar-refractivity contribution in [2.75, 3.05) is 19.8 Å². The molecule has 250 valence electrons. The van der Waals surface area contributed by atoms with Crippen molar-refractivity contribution in [2.24, 2.45) is 0 Å². The van der Waals surface area contributed by atoms with E-state index in [1.807, 2.05) is 0 Å². The van der Waals surface area contributed by atoms with E-state index in [0.29, 0.717) is 12.4 Å². The second kappa shape index (κ2) is 26.7. The number of esters is 1. The second-order valence-corrected chi connectivity index (χ2v) is 12.0. The summed E-state index contributed by atoms with van der Waals surface area (Å²) >= 11 is 0. The summed E-state index contributed by atoms with van der Waals surface area (Å²) < 4.78 is 10.7. The maximum atomic E-state index is 12.2. The maximum Gasteiger partial charge on any atom is 0.338 e. The van der Waals surface area contributed by atoms with Gasteiger partial charge in [-0.1, -0.05) is 129 Å². The number of ether oxygens (including phenoxy) is 2. The van der Waals surface area contributed by atoms with Gasteiger partial charge in [-0.05, 0) is 30.7 Å². The molecule has 4 atom stereocenters. The summed E-state index contributed by atoms with van der Waals surface area (Å²) in [6, 6.07) is 6.48. The first kappa shape index (κ1) is 39.3. The van der Waals surface area contributed by atoms with E-state index >= 15 is 0 Å². The topological polar surface area (TPSA) is 137 Å². The van der Waals surface area contributed by atoms with Gasteiger partial charge in [-0.3, -0.25) is 0 Å². The molecule has 0 saturated heterocycles. The van der Waals surface area contributed by atoms with Crippen LogP contribution in [0.25, 0.3) is 0 Å². The van der Waals surface area contributed by atoms with Crippen LogP contribution in [0.3, 0.4) is 0 Å². The summed E-state index contributed by atoms with van der Waals surface area (Å²) in [7, 11) is 0. The van der Waals surface area contributed by atoms with Crippen molar-refractivity contribution in [2.45, 2.75) is 160 Å². The summed E-state index contributed by atoms with van der Waals surface area (Å²) in [5.41, 5.74) is 0.254. The normalized spacial score (nSPS) is 14.3. The highest BCUT2D eigenvalue weighted by Crippen LogP contribution is 2.17. The molecule has 0 unspecified atom stereocenters. The lowest BCUT2D eigenvalue weighted by Crippen LogP contribution is -2.47. The molecule has 1 rings (SSSR count). The van der Waals surface area contributed by atoms with Gasteiger partial charge in [0.2, 0.25) is 0 Å². The summed E-state index contributed by atoms with van der Waals surface area (Å²) in [5.74, 6) is -0.0463. The molecule has 0 fully saturated rings. The van der Waals surface area contributed by atoms with Crippen molar-refractivity contribution in [3.05, 3.63) is 29.8 Å². The van der Waals surface area contributed by atoms with Crippen LogP contribution in [0.1, 0.15) is 146 Å². The van der Waals surface area contributed by atoms with Gasteiger partial charge in [-0.15, -0.1) is 0 Å². The highest BCUT2D eigenvalue weighted by molar-refractivity contribution is 5.89. The third-order valence-corrected chi connectivity index (χ3v) is 8.07. The molecule has 1 aromatic carbocycles. The van der Waals surface area contributed by atoms with Crippen LogP contribution in [0.4, 0.5) is 0 Å². The van der Waals surface area contributed by atoms with Crippen molar-refractivity contribution in [1.82, 2.24) is 0 Å². The fraction of sp³-hybridized carbons (Fsp3) is 0.800. The van der Waals surface area contributed by atoms with Crippen LogP contribution < -0.4 is 4.74 Å². The van der Waals surface area contributed by atoms with E-state index in [-0.39, 0.29) is 5.56 Å². The number of aliphatic hydroxyl groups excluding tert-OH is 5. The van der Waals surface area contributed by atoms with E-state index < -0.39 is 43.6 Å². The molecule has 0 aromatic heterocycles. The van der Waals surface area contributed by atoms with Crippen molar-refractivity contribution in [1.29, 1.82) is 0 Å². The van der Waals surface area contributed by atoms with Gasteiger partial charge in [0.15, 0.2) is 0 Å². The second-order valence-electron chi connectivity index (χ2n) is 12.0. The van der Waals surface area contributed by atoms with E-state index in [4.69, 9.17) is 14.6 Å². The zero-order chi connectivity index (χ0) is 31.5. The average molecular weight is 611 g/mol. The molecule has 0 aliphatic carbocycles. The predicted molar refractivity (Wildman–Crippen MR) is 171 cm³/mol. The van der Waals surface area contributed by atoms with Gasteiger partial charge in [0.25, 0.3) is 0 Å². The zero-order valence-corrected chi connectivity index (χ0v) is 26.8. The first-order chi connectivity index (χ1) is 20.9. The summed E-state index contributed by atoms with van der Waals surface area (Å²) in [6.07, 6.45) is 20.2.